The second-order valence-corrected chi connectivity index (χ2v) is 12.7. The molecule has 0 aliphatic heterocycles. The Morgan fingerprint density at radius 3 is 2.48 bits per heavy atom. The Bertz CT molecular complexity index is 744. The van der Waals surface area contributed by atoms with Crippen LogP contribution in [0.4, 0.5) is 0 Å². The molecule has 3 saturated carbocycles. The van der Waals surface area contributed by atoms with E-state index in [1.165, 1.54) is 44.1 Å². The lowest BCUT2D eigenvalue weighted by molar-refractivity contribution is -0.0540. The molecule has 0 aromatic carbocycles. The van der Waals surface area contributed by atoms with Crippen LogP contribution in [-0.4, -0.2) is 11.2 Å². The van der Waals surface area contributed by atoms with Crippen LogP contribution in [0.5, 0.6) is 0 Å². The molecule has 4 aliphatic rings. The quantitative estimate of drug-likeness (QED) is 0.444. The van der Waals surface area contributed by atoms with Gasteiger partial charge in [0.1, 0.15) is 0 Å². The molecule has 0 heterocycles. The van der Waals surface area contributed by atoms with Crippen molar-refractivity contribution in [3.8, 4) is 0 Å². The minimum atomic E-state index is -0.0953. The second-order valence-electron chi connectivity index (χ2n) is 12.7. The van der Waals surface area contributed by atoms with E-state index in [2.05, 4.69) is 66.3 Å². The normalized spacial score (nSPS) is 44.4. The molecule has 9 atom stereocenters. The standard InChI is InChI=1S/C30H48O/c1-19(2)24(20(3)4)10-8-21(5)26-12-13-27-25-11-9-22-18-23(31)14-16-29(22,6)28(25)15-17-30(26,27)7/h8-10,20-21,23-28,31H,1,11-18H2,2-7H3/b10-8+/t21-,23-,24-,25-,26+,27-,28-,29-,30+/m0/s1. The van der Waals surface area contributed by atoms with E-state index in [9.17, 15) is 5.11 Å². The third kappa shape index (κ3) is 3.92. The van der Waals surface area contributed by atoms with Gasteiger partial charge in [-0.1, -0.05) is 70.6 Å². The van der Waals surface area contributed by atoms with Crippen LogP contribution in [0.3, 0.4) is 0 Å². The van der Waals surface area contributed by atoms with Gasteiger partial charge in [-0.25, -0.2) is 0 Å². The van der Waals surface area contributed by atoms with Crippen LogP contribution in [-0.2, 0) is 0 Å². The highest BCUT2D eigenvalue weighted by molar-refractivity contribution is 5.25. The predicted octanol–water partition coefficient (Wildman–Crippen LogP) is 7.97. The van der Waals surface area contributed by atoms with Crippen LogP contribution in [0.25, 0.3) is 0 Å². The molecular weight excluding hydrogens is 376 g/mol. The number of allylic oxidation sites excluding steroid dienone is 4. The maximum atomic E-state index is 10.3. The topological polar surface area (TPSA) is 20.2 Å². The van der Waals surface area contributed by atoms with Gasteiger partial charge < -0.3 is 5.11 Å². The molecule has 4 rings (SSSR count). The Kier molecular flexibility index (Phi) is 6.41. The average Bonchev–Trinajstić information content (AvgIpc) is 3.05. The number of aliphatic hydroxyl groups is 1. The summed E-state index contributed by atoms with van der Waals surface area (Å²) >= 11 is 0. The van der Waals surface area contributed by atoms with Crippen LogP contribution in [0.1, 0.15) is 92.9 Å². The molecule has 0 unspecified atom stereocenters. The molecule has 0 aromatic heterocycles. The van der Waals surface area contributed by atoms with Crippen LogP contribution in [0.2, 0.25) is 0 Å². The summed E-state index contributed by atoms with van der Waals surface area (Å²) in [5.41, 5.74) is 3.75. The lowest BCUT2D eigenvalue weighted by atomic mass is 9.47. The predicted molar refractivity (Wildman–Crippen MR) is 133 cm³/mol. The van der Waals surface area contributed by atoms with Crippen LogP contribution >= 0.6 is 0 Å². The van der Waals surface area contributed by atoms with E-state index in [0.29, 0.717) is 28.6 Å². The van der Waals surface area contributed by atoms with Gasteiger partial charge in [-0.2, -0.15) is 0 Å². The first-order valence-electron chi connectivity index (χ1n) is 13.3. The highest BCUT2D eigenvalue weighted by Gasteiger charge is 2.58. The van der Waals surface area contributed by atoms with Crippen molar-refractivity contribution >= 4 is 0 Å². The van der Waals surface area contributed by atoms with E-state index in [0.717, 1.165) is 36.5 Å². The zero-order valence-corrected chi connectivity index (χ0v) is 21.2. The number of aliphatic hydroxyl groups excluding tert-OH is 1. The molecule has 0 aromatic rings. The monoisotopic (exact) mass is 424 g/mol. The van der Waals surface area contributed by atoms with Gasteiger partial charge in [0.2, 0.25) is 0 Å². The number of hydrogen-bond acceptors (Lipinski definition) is 1. The molecule has 31 heavy (non-hydrogen) atoms. The zero-order valence-electron chi connectivity index (χ0n) is 21.2. The van der Waals surface area contributed by atoms with Crippen molar-refractivity contribution < 1.29 is 5.11 Å². The van der Waals surface area contributed by atoms with Gasteiger partial charge in [0.25, 0.3) is 0 Å². The summed E-state index contributed by atoms with van der Waals surface area (Å²) in [5.74, 6) is 5.20. The highest BCUT2D eigenvalue weighted by atomic mass is 16.3. The maximum Gasteiger partial charge on any atom is 0.0577 e. The molecule has 1 N–H and O–H groups in total. The van der Waals surface area contributed by atoms with Crippen molar-refractivity contribution in [1.82, 2.24) is 0 Å². The van der Waals surface area contributed by atoms with Gasteiger partial charge in [0.15, 0.2) is 0 Å². The van der Waals surface area contributed by atoms with Gasteiger partial charge in [-0.3, -0.25) is 0 Å². The fraction of sp³-hybridized carbons (Fsp3) is 0.800. The summed E-state index contributed by atoms with van der Waals surface area (Å²) in [6, 6.07) is 0. The van der Waals surface area contributed by atoms with Crippen molar-refractivity contribution in [2.24, 2.45) is 52.3 Å². The van der Waals surface area contributed by atoms with Crippen LogP contribution < -0.4 is 0 Å². The Labute approximate surface area is 192 Å². The van der Waals surface area contributed by atoms with Crippen molar-refractivity contribution in [3.63, 3.8) is 0 Å². The third-order valence-corrected chi connectivity index (χ3v) is 10.7. The van der Waals surface area contributed by atoms with Crippen LogP contribution in [0, 0.1) is 52.3 Å². The summed E-state index contributed by atoms with van der Waals surface area (Å²) in [4.78, 5) is 0. The molecule has 1 nitrogen and oxygen atoms in total. The minimum Gasteiger partial charge on any atom is -0.393 e. The molecule has 0 amide bonds. The average molecular weight is 425 g/mol. The molecular formula is C30H48O. The van der Waals surface area contributed by atoms with E-state index in [1.54, 1.807) is 5.57 Å². The molecule has 1 heteroatoms. The Balaban J connectivity index is 1.52. The Hall–Kier alpha value is -0.820. The lowest BCUT2D eigenvalue weighted by Crippen LogP contribution is -2.50. The van der Waals surface area contributed by atoms with Crippen molar-refractivity contribution in [3.05, 3.63) is 36.0 Å². The molecule has 0 radical (unpaired) electrons. The van der Waals surface area contributed by atoms with Crippen LogP contribution in [0.15, 0.2) is 36.0 Å². The smallest absolute Gasteiger partial charge is 0.0577 e. The summed E-state index contributed by atoms with van der Waals surface area (Å²) in [5, 5.41) is 10.3. The van der Waals surface area contributed by atoms with E-state index >= 15 is 0 Å². The Morgan fingerprint density at radius 2 is 1.81 bits per heavy atom. The fourth-order valence-corrected chi connectivity index (χ4v) is 8.93. The molecule has 3 fully saturated rings. The first-order chi connectivity index (χ1) is 14.6. The van der Waals surface area contributed by atoms with E-state index in [1.807, 2.05) is 0 Å². The van der Waals surface area contributed by atoms with E-state index in [-0.39, 0.29) is 6.10 Å². The van der Waals surface area contributed by atoms with Crippen molar-refractivity contribution in [2.75, 3.05) is 0 Å². The van der Waals surface area contributed by atoms with Gasteiger partial charge in [-0.05, 0) is 111 Å². The van der Waals surface area contributed by atoms with Gasteiger partial charge in [0.05, 0.1) is 6.10 Å². The molecule has 174 valence electrons. The number of rotatable bonds is 5. The van der Waals surface area contributed by atoms with Gasteiger partial charge >= 0.3 is 0 Å². The lowest BCUT2D eigenvalue weighted by Gasteiger charge is -2.58. The molecule has 0 bridgehead atoms. The van der Waals surface area contributed by atoms with Gasteiger partial charge in [0, 0.05) is 0 Å². The number of hydrogen-bond donors (Lipinski definition) is 1. The SMILES string of the molecule is C=C(C)[C@H](/C=C/[C@H](C)[C@H]1CC[C@H]2[C@@H]3CC=C4C[C@@H](O)CC[C@]4(C)[C@H]3CC[C@]12C)C(C)C. The fourth-order valence-electron chi connectivity index (χ4n) is 8.93. The van der Waals surface area contributed by atoms with E-state index in [4.69, 9.17) is 0 Å². The molecule has 4 aliphatic carbocycles. The second kappa shape index (κ2) is 8.51. The first-order valence-corrected chi connectivity index (χ1v) is 13.3. The third-order valence-electron chi connectivity index (χ3n) is 10.7. The molecule has 0 saturated heterocycles. The van der Waals surface area contributed by atoms with Crippen molar-refractivity contribution in [2.45, 2.75) is 99.0 Å². The highest BCUT2D eigenvalue weighted by Crippen LogP contribution is 2.67. The minimum absolute atomic E-state index is 0.0953. The molecule has 0 spiro atoms. The summed E-state index contributed by atoms with van der Waals surface area (Å²) in [7, 11) is 0. The number of fused-ring (bicyclic) bond motifs is 5. The summed E-state index contributed by atoms with van der Waals surface area (Å²) < 4.78 is 0. The largest absolute Gasteiger partial charge is 0.393 e. The van der Waals surface area contributed by atoms with E-state index < -0.39 is 0 Å². The van der Waals surface area contributed by atoms with Gasteiger partial charge in [-0.15, -0.1) is 0 Å². The zero-order chi connectivity index (χ0) is 22.6. The summed E-state index contributed by atoms with van der Waals surface area (Å²) in [6.45, 7) is 18.8. The van der Waals surface area contributed by atoms with Crippen molar-refractivity contribution in [1.29, 1.82) is 0 Å². The maximum absolute atomic E-state index is 10.3. The Morgan fingerprint density at radius 1 is 1.06 bits per heavy atom. The summed E-state index contributed by atoms with van der Waals surface area (Å²) in [6.07, 6.45) is 17.5. The first kappa shape index (κ1) is 23.3.